The average molecular weight is 655 g/mol. The van der Waals surface area contributed by atoms with Crippen LogP contribution in [-0.2, 0) is 0 Å². The van der Waals surface area contributed by atoms with Crippen molar-refractivity contribution in [3.05, 3.63) is 71.3 Å². The Labute approximate surface area is 283 Å². The highest BCUT2D eigenvalue weighted by Gasteiger charge is 2.46. The van der Waals surface area contributed by atoms with E-state index in [1.54, 1.807) is 20.3 Å². The zero-order valence-corrected chi connectivity index (χ0v) is 29.0. The third kappa shape index (κ3) is 6.33. The number of fused-ring (bicyclic) bond motifs is 2. The van der Waals surface area contributed by atoms with Crippen molar-refractivity contribution in [3.8, 4) is 28.7 Å². The van der Waals surface area contributed by atoms with Gasteiger partial charge < -0.3 is 28.7 Å². The van der Waals surface area contributed by atoms with Crippen LogP contribution in [0.3, 0.4) is 0 Å². The van der Waals surface area contributed by atoms with Gasteiger partial charge in [-0.15, -0.1) is 0 Å². The molecule has 3 heterocycles. The second kappa shape index (κ2) is 13.1. The number of carbonyl (C=O) groups is 2. The van der Waals surface area contributed by atoms with E-state index in [1.165, 1.54) is 0 Å². The molecule has 254 valence electrons. The van der Waals surface area contributed by atoms with Gasteiger partial charge in [-0.1, -0.05) is 0 Å². The highest BCUT2D eigenvalue weighted by atomic mass is 16.5. The van der Waals surface area contributed by atoms with E-state index in [0.29, 0.717) is 66.0 Å². The molecule has 3 aliphatic rings. The summed E-state index contributed by atoms with van der Waals surface area (Å²) in [7, 11) is 3.22. The number of rotatable bonds is 9. The molecule has 3 aliphatic heterocycles. The summed E-state index contributed by atoms with van der Waals surface area (Å²) in [6.45, 7) is 13.7. The van der Waals surface area contributed by atoms with Crippen molar-refractivity contribution in [2.45, 2.75) is 64.6 Å². The Morgan fingerprint density at radius 1 is 0.833 bits per heavy atom. The average Bonchev–Trinajstić information content (AvgIpc) is 3.52. The predicted molar refractivity (Wildman–Crippen MR) is 186 cm³/mol. The molecule has 1 unspecified atom stereocenters. The van der Waals surface area contributed by atoms with E-state index in [1.807, 2.05) is 71.5 Å². The first-order valence-electron chi connectivity index (χ1n) is 16.6. The standard InChI is InChI=1S/C38H46N4O6/c1-25-21-26(10-15-32(25)47-29-13-11-28(45-6)12-14-29)35(43)40-17-19-41(20-18-40)37(2,3)38(4,5)48-34-23-31-30(22-33(34)46-7)36(44)42-16-8-9-27(42)24-39-31/h10-15,21-24,27H,8-9,16-20H2,1-7H3. The molecular formula is C38H46N4O6. The molecule has 10 nitrogen and oxygen atoms in total. The SMILES string of the molecule is COc1ccc(Oc2ccc(C(=O)N3CCN(C(C)(C)C(C)(C)Oc4cc5c(cc4OC)C(=O)N4CCCC4C=N5)CC3)cc2C)cc1. The second-order valence-electron chi connectivity index (χ2n) is 13.7. The molecule has 2 fully saturated rings. The number of aryl methyl sites for hydroxylation is 1. The van der Waals surface area contributed by atoms with Crippen LogP contribution in [0.15, 0.2) is 59.6 Å². The van der Waals surface area contributed by atoms with E-state index >= 15 is 0 Å². The Bertz CT molecular complexity index is 1710. The van der Waals surface area contributed by atoms with Crippen molar-refractivity contribution in [3.63, 3.8) is 0 Å². The minimum atomic E-state index is -0.671. The maximum absolute atomic E-state index is 13.6. The quantitative estimate of drug-likeness (QED) is 0.260. The van der Waals surface area contributed by atoms with Crippen LogP contribution >= 0.6 is 0 Å². The molecule has 0 saturated carbocycles. The third-order valence-electron chi connectivity index (χ3n) is 10.4. The molecule has 0 bridgehead atoms. The number of carbonyl (C=O) groups excluding carboxylic acids is 2. The lowest BCUT2D eigenvalue weighted by atomic mass is 9.83. The Hall–Kier alpha value is -4.57. The number of aliphatic imine (C=N–C) groups is 1. The van der Waals surface area contributed by atoms with Gasteiger partial charge >= 0.3 is 0 Å². The first kappa shape index (κ1) is 33.3. The number of piperazine rings is 1. The van der Waals surface area contributed by atoms with Crippen LogP contribution in [0.1, 0.15) is 66.8 Å². The molecule has 1 atom stereocenters. The molecule has 0 N–H and O–H groups in total. The van der Waals surface area contributed by atoms with E-state index in [2.05, 4.69) is 32.6 Å². The number of hydrogen-bond acceptors (Lipinski definition) is 8. The normalized spacial score (nSPS) is 18.2. The van der Waals surface area contributed by atoms with Gasteiger partial charge in [0, 0.05) is 50.6 Å². The minimum Gasteiger partial charge on any atom is -0.497 e. The van der Waals surface area contributed by atoms with Gasteiger partial charge in [0.25, 0.3) is 11.8 Å². The fourth-order valence-corrected chi connectivity index (χ4v) is 6.69. The highest BCUT2D eigenvalue weighted by molar-refractivity contribution is 6.03. The minimum absolute atomic E-state index is 0.00680. The largest absolute Gasteiger partial charge is 0.497 e. The molecule has 0 radical (unpaired) electrons. The number of benzene rings is 3. The van der Waals surface area contributed by atoms with E-state index in [9.17, 15) is 9.59 Å². The topological polar surface area (TPSA) is 93.1 Å². The summed E-state index contributed by atoms with van der Waals surface area (Å²) in [6.07, 6.45) is 3.79. The molecule has 2 amide bonds. The lowest BCUT2D eigenvalue weighted by molar-refractivity contribution is -0.0685. The molecule has 0 aromatic heterocycles. The summed E-state index contributed by atoms with van der Waals surface area (Å²) in [5.74, 6) is 3.21. The molecule has 0 spiro atoms. The summed E-state index contributed by atoms with van der Waals surface area (Å²) in [6, 6.07) is 16.6. The zero-order chi connectivity index (χ0) is 34.2. The van der Waals surface area contributed by atoms with Gasteiger partial charge in [0.15, 0.2) is 11.5 Å². The summed E-state index contributed by atoms with van der Waals surface area (Å²) >= 11 is 0. The third-order valence-corrected chi connectivity index (χ3v) is 10.4. The van der Waals surface area contributed by atoms with Crippen molar-refractivity contribution < 1.29 is 28.5 Å². The Kier molecular flexibility index (Phi) is 9.13. The smallest absolute Gasteiger partial charge is 0.256 e. The van der Waals surface area contributed by atoms with Crippen LogP contribution in [0, 0.1) is 6.92 Å². The van der Waals surface area contributed by atoms with Crippen LogP contribution < -0.4 is 18.9 Å². The summed E-state index contributed by atoms with van der Waals surface area (Å²) in [5.41, 5.74) is 1.57. The molecule has 6 rings (SSSR count). The number of amides is 2. The first-order chi connectivity index (χ1) is 22.9. The summed E-state index contributed by atoms with van der Waals surface area (Å²) in [5, 5.41) is 0. The number of ether oxygens (including phenoxy) is 4. The Balaban J connectivity index is 1.11. The van der Waals surface area contributed by atoms with Crippen LogP contribution in [0.4, 0.5) is 5.69 Å². The van der Waals surface area contributed by atoms with Crippen molar-refractivity contribution in [2.24, 2.45) is 4.99 Å². The molecule has 3 aromatic rings. The van der Waals surface area contributed by atoms with Gasteiger partial charge in [-0.05, 0) is 102 Å². The van der Waals surface area contributed by atoms with Crippen molar-refractivity contribution in [2.75, 3.05) is 46.9 Å². The van der Waals surface area contributed by atoms with Crippen LogP contribution in [0.5, 0.6) is 28.7 Å². The molecular weight excluding hydrogens is 608 g/mol. The number of hydrogen-bond donors (Lipinski definition) is 0. The van der Waals surface area contributed by atoms with Gasteiger partial charge in [-0.3, -0.25) is 19.5 Å². The van der Waals surface area contributed by atoms with E-state index in [0.717, 1.165) is 30.7 Å². The van der Waals surface area contributed by atoms with Gasteiger partial charge in [0.05, 0.1) is 37.1 Å². The van der Waals surface area contributed by atoms with Gasteiger partial charge in [0.1, 0.15) is 22.8 Å². The fraction of sp³-hybridized carbons (Fsp3) is 0.447. The highest BCUT2D eigenvalue weighted by Crippen LogP contribution is 2.42. The van der Waals surface area contributed by atoms with Crippen molar-refractivity contribution >= 4 is 23.7 Å². The maximum Gasteiger partial charge on any atom is 0.256 e. The summed E-state index contributed by atoms with van der Waals surface area (Å²) < 4.78 is 23.7. The van der Waals surface area contributed by atoms with Crippen molar-refractivity contribution in [1.82, 2.24) is 14.7 Å². The molecule has 10 heteroatoms. The van der Waals surface area contributed by atoms with Crippen molar-refractivity contribution in [1.29, 1.82) is 0 Å². The van der Waals surface area contributed by atoms with E-state index in [-0.39, 0.29) is 17.9 Å². The molecule has 48 heavy (non-hydrogen) atoms. The van der Waals surface area contributed by atoms with E-state index < -0.39 is 11.1 Å². The lowest BCUT2D eigenvalue weighted by Gasteiger charge is -2.51. The van der Waals surface area contributed by atoms with Gasteiger partial charge in [-0.2, -0.15) is 0 Å². The van der Waals surface area contributed by atoms with Crippen LogP contribution in [-0.4, -0.2) is 96.9 Å². The summed E-state index contributed by atoms with van der Waals surface area (Å²) in [4.78, 5) is 37.8. The predicted octanol–water partition coefficient (Wildman–Crippen LogP) is 6.52. The molecule has 3 aromatic carbocycles. The number of methoxy groups -OCH3 is 2. The maximum atomic E-state index is 13.6. The lowest BCUT2D eigenvalue weighted by Crippen LogP contribution is -2.65. The van der Waals surface area contributed by atoms with Crippen LogP contribution in [0.25, 0.3) is 0 Å². The molecule has 0 aliphatic carbocycles. The van der Waals surface area contributed by atoms with Gasteiger partial charge in [0.2, 0.25) is 0 Å². The Morgan fingerprint density at radius 3 is 2.21 bits per heavy atom. The van der Waals surface area contributed by atoms with Crippen LogP contribution in [0.2, 0.25) is 0 Å². The van der Waals surface area contributed by atoms with Gasteiger partial charge in [-0.25, -0.2) is 0 Å². The molecule has 2 saturated heterocycles. The second-order valence-corrected chi connectivity index (χ2v) is 13.7. The first-order valence-corrected chi connectivity index (χ1v) is 16.6. The fourth-order valence-electron chi connectivity index (χ4n) is 6.69. The zero-order valence-electron chi connectivity index (χ0n) is 29.0. The Morgan fingerprint density at radius 2 is 1.54 bits per heavy atom. The number of nitrogens with zero attached hydrogens (tertiary/aromatic N) is 4. The monoisotopic (exact) mass is 654 g/mol. The van der Waals surface area contributed by atoms with E-state index in [4.69, 9.17) is 23.9 Å².